The van der Waals surface area contributed by atoms with Crippen LogP contribution in [0.3, 0.4) is 0 Å². The summed E-state index contributed by atoms with van der Waals surface area (Å²) in [6.45, 7) is 6.79. The molecule has 3 aromatic carbocycles. The van der Waals surface area contributed by atoms with E-state index in [0.29, 0.717) is 29.5 Å². The third-order valence-corrected chi connectivity index (χ3v) is 6.42. The highest BCUT2D eigenvalue weighted by atomic mass is 35.5. The summed E-state index contributed by atoms with van der Waals surface area (Å²) in [6.07, 6.45) is 0.965. The van der Waals surface area contributed by atoms with E-state index in [2.05, 4.69) is 17.1 Å². The van der Waals surface area contributed by atoms with Crippen LogP contribution in [-0.4, -0.2) is 49.5 Å². The summed E-state index contributed by atoms with van der Waals surface area (Å²) in [5, 5.41) is 3.49. The second-order valence-corrected chi connectivity index (χ2v) is 9.06. The highest BCUT2D eigenvalue weighted by molar-refractivity contribution is 6.30. The van der Waals surface area contributed by atoms with Gasteiger partial charge in [0.15, 0.2) is 6.61 Å². The van der Waals surface area contributed by atoms with Gasteiger partial charge in [0.2, 0.25) is 0 Å². The van der Waals surface area contributed by atoms with Gasteiger partial charge in [0.05, 0.1) is 0 Å². The van der Waals surface area contributed by atoms with Gasteiger partial charge in [-0.25, -0.2) is 0 Å². The summed E-state index contributed by atoms with van der Waals surface area (Å²) in [4.78, 5) is 29.3. The van der Waals surface area contributed by atoms with Crippen molar-refractivity contribution in [3.05, 3.63) is 88.4 Å². The van der Waals surface area contributed by atoms with Gasteiger partial charge < -0.3 is 19.9 Å². The monoisotopic (exact) mass is 491 g/mol. The minimum Gasteiger partial charge on any atom is -0.483 e. The van der Waals surface area contributed by atoms with Crippen molar-refractivity contribution in [2.45, 2.75) is 20.3 Å². The van der Waals surface area contributed by atoms with Crippen LogP contribution in [0.15, 0.2) is 66.7 Å². The molecule has 2 amide bonds. The molecule has 1 aliphatic rings. The molecule has 0 atom stereocenters. The Morgan fingerprint density at radius 2 is 1.63 bits per heavy atom. The number of amides is 2. The van der Waals surface area contributed by atoms with Crippen LogP contribution in [0.25, 0.3) is 0 Å². The van der Waals surface area contributed by atoms with E-state index in [9.17, 15) is 9.59 Å². The summed E-state index contributed by atoms with van der Waals surface area (Å²) in [7, 11) is 0. The van der Waals surface area contributed by atoms with Crippen molar-refractivity contribution in [1.82, 2.24) is 4.90 Å². The van der Waals surface area contributed by atoms with Gasteiger partial charge in [-0.2, -0.15) is 0 Å². The highest BCUT2D eigenvalue weighted by Crippen LogP contribution is 2.23. The second kappa shape index (κ2) is 11.3. The van der Waals surface area contributed by atoms with E-state index >= 15 is 0 Å². The van der Waals surface area contributed by atoms with E-state index in [1.54, 1.807) is 18.2 Å². The van der Waals surface area contributed by atoms with E-state index in [1.807, 2.05) is 60.4 Å². The van der Waals surface area contributed by atoms with Crippen molar-refractivity contribution >= 4 is 34.8 Å². The number of hydrogen-bond acceptors (Lipinski definition) is 4. The number of piperazine rings is 1. The van der Waals surface area contributed by atoms with Crippen molar-refractivity contribution < 1.29 is 14.3 Å². The molecule has 0 aromatic heterocycles. The number of carbonyl (C=O) groups is 2. The predicted molar refractivity (Wildman–Crippen MR) is 141 cm³/mol. The summed E-state index contributed by atoms with van der Waals surface area (Å²) in [6, 6.07) is 20.9. The van der Waals surface area contributed by atoms with Gasteiger partial charge in [-0.05, 0) is 79.1 Å². The molecule has 0 bridgehead atoms. The molecule has 1 N–H and O–H groups in total. The van der Waals surface area contributed by atoms with E-state index in [4.69, 9.17) is 16.3 Å². The van der Waals surface area contributed by atoms with Crippen LogP contribution in [0.1, 0.15) is 28.4 Å². The molecule has 7 heteroatoms. The molecule has 0 saturated carbocycles. The number of benzene rings is 3. The maximum Gasteiger partial charge on any atom is 0.262 e. The van der Waals surface area contributed by atoms with Crippen LogP contribution in [-0.2, 0) is 11.2 Å². The quantitative estimate of drug-likeness (QED) is 0.494. The fraction of sp³-hybridized carbons (Fsp3) is 0.286. The third kappa shape index (κ3) is 6.34. The van der Waals surface area contributed by atoms with E-state index in [-0.39, 0.29) is 18.4 Å². The largest absolute Gasteiger partial charge is 0.483 e. The topological polar surface area (TPSA) is 61.9 Å². The summed E-state index contributed by atoms with van der Waals surface area (Å²) < 4.78 is 5.61. The number of nitrogens with zero attached hydrogens (tertiary/aromatic N) is 2. The van der Waals surface area contributed by atoms with Crippen LogP contribution >= 0.6 is 11.6 Å². The van der Waals surface area contributed by atoms with Crippen LogP contribution in [0.2, 0.25) is 5.02 Å². The lowest BCUT2D eigenvalue weighted by molar-refractivity contribution is -0.118. The highest BCUT2D eigenvalue weighted by Gasteiger charge is 2.22. The van der Waals surface area contributed by atoms with Gasteiger partial charge in [0.25, 0.3) is 11.8 Å². The average Bonchev–Trinajstić information content (AvgIpc) is 2.88. The third-order valence-electron chi connectivity index (χ3n) is 6.19. The lowest BCUT2D eigenvalue weighted by atomic mass is 10.1. The summed E-state index contributed by atoms with van der Waals surface area (Å²) >= 11 is 5.96. The zero-order chi connectivity index (χ0) is 24.8. The number of nitrogens with one attached hydrogen (secondary N) is 1. The van der Waals surface area contributed by atoms with E-state index in [0.717, 1.165) is 36.3 Å². The molecule has 3 aromatic rings. The van der Waals surface area contributed by atoms with Crippen LogP contribution in [0.5, 0.6) is 5.75 Å². The molecular weight excluding hydrogens is 462 g/mol. The molecule has 0 spiro atoms. The zero-order valence-corrected chi connectivity index (χ0v) is 20.8. The maximum atomic E-state index is 12.8. The maximum absolute atomic E-state index is 12.8. The zero-order valence-electron chi connectivity index (χ0n) is 20.1. The van der Waals surface area contributed by atoms with Crippen LogP contribution in [0, 0.1) is 6.92 Å². The van der Waals surface area contributed by atoms with E-state index in [1.165, 1.54) is 5.56 Å². The molecule has 0 radical (unpaired) electrons. The molecule has 1 saturated heterocycles. The number of anilines is 2. The van der Waals surface area contributed by atoms with Gasteiger partial charge >= 0.3 is 0 Å². The fourth-order valence-electron chi connectivity index (χ4n) is 4.10. The van der Waals surface area contributed by atoms with Crippen molar-refractivity contribution in [3.8, 4) is 5.75 Å². The Balaban J connectivity index is 1.25. The summed E-state index contributed by atoms with van der Waals surface area (Å²) in [5.74, 6) is 0.489. The van der Waals surface area contributed by atoms with Crippen LogP contribution < -0.4 is 15.0 Å². The number of rotatable bonds is 7. The second-order valence-electron chi connectivity index (χ2n) is 8.62. The molecule has 1 fully saturated rings. The molecule has 35 heavy (non-hydrogen) atoms. The summed E-state index contributed by atoms with van der Waals surface area (Å²) in [5.41, 5.74) is 4.63. The first-order valence-corrected chi connectivity index (χ1v) is 12.2. The Bertz CT molecular complexity index is 1170. The molecule has 182 valence electrons. The Morgan fingerprint density at radius 3 is 2.26 bits per heavy atom. The SMILES string of the molecule is CCc1ccc(C(=O)N2CCN(c3ccc(NC(=O)COc4ccc(Cl)cc4C)cc3)CC2)cc1. The Hall–Kier alpha value is -3.51. The minimum absolute atomic E-state index is 0.0820. The first kappa shape index (κ1) is 24.6. The molecule has 0 unspecified atom stereocenters. The van der Waals surface area contributed by atoms with E-state index < -0.39 is 0 Å². The minimum atomic E-state index is -0.230. The first-order chi connectivity index (χ1) is 16.9. The van der Waals surface area contributed by atoms with Crippen molar-refractivity contribution in [2.24, 2.45) is 0 Å². The number of hydrogen-bond donors (Lipinski definition) is 1. The molecular formula is C28H30ClN3O3. The lowest BCUT2D eigenvalue weighted by Crippen LogP contribution is -2.48. The standard InChI is InChI=1S/C28H30ClN3O3/c1-3-21-4-6-22(7-5-21)28(34)32-16-14-31(15-17-32)25-11-9-24(10-12-25)30-27(33)19-35-26-13-8-23(29)18-20(26)2/h4-13,18H,3,14-17,19H2,1-2H3,(H,30,33). The Morgan fingerprint density at radius 1 is 0.943 bits per heavy atom. The molecule has 1 heterocycles. The smallest absolute Gasteiger partial charge is 0.262 e. The van der Waals surface area contributed by atoms with Gasteiger partial charge in [-0.1, -0.05) is 30.7 Å². The molecule has 6 nitrogen and oxygen atoms in total. The average molecular weight is 492 g/mol. The van der Waals surface area contributed by atoms with Crippen molar-refractivity contribution in [2.75, 3.05) is 43.0 Å². The van der Waals surface area contributed by atoms with Crippen molar-refractivity contribution in [1.29, 1.82) is 0 Å². The normalized spacial score (nSPS) is 13.5. The number of carbonyl (C=O) groups excluding carboxylic acids is 2. The number of ether oxygens (including phenoxy) is 1. The lowest BCUT2D eigenvalue weighted by Gasteiger charge is -2.36. The molecule has 1 aliphatic heterocycles. The fourth-order valence-corrected chi connectivity index (χ4v) is 4.33. The van der Waals surface area contributed by atoms with Gasteiger partial charge in [0.1, 0.15) is 5.75 Å². The molecule has 0 aliphatic carbocycles. The predicted octanol–water partition coefficient (Wildman–Crippen LogP) is 5.19. The molecule has 4 rings (SSSR count). The Kier molecular flexibility index (Phi) is 7.93. The van der Waals surface area contributed by atoms with Crippen molar-refractivity contribution in [3.63, 3.8) is 0 Å². The number of halogens is 1. The van der Waals surface area contributed by atoms with Gasteiger partial charge in [0, 0.05) is 48.1 Å². The van der Waals surface area contributed by atoms with Gasteiger partial charge in [-0.3, -0.25) is 9.59 Å². The Labute approximate surface area is 211 Å². The first-order valence-electron chi connectivity index (χ1n) is 11.8. The van der Waals surface area contributed by atoms with Gasteiger partial charge in [-0.15, -0.1) is 0 Å². The van der Waals surface area contributed by atoms with Crippen LogP contribution in [0.4, 0.5) is 11.4 Å². The number of aryl methyl sites for hydroxylation is 2.